The zero-order valence-electron chi connectivity index (χ0n) is 30.8. The molecule has 7 N–H and O–H groups in total. The van der Waals surface area contributed by atoms with E-state index in [-0.39, 0.29) is 36.7 Å². The van der Waals surface area contributed by atoms with E-state index in [0.717, 1.165) is 16.0 Å². The summed E-state index contributed by atoms with van der Waals surface area (Å²) in [5, 5.41) is 24.2. The molecule has 0 saturated carbocycles. The molecule has 0 saturated heterocycles. The predicted molar refractivity (Wildman–Crippen MR) is 205 cm³/mol. The summed E-state index contributed by atoms with van der Waals surface area (Å²) < 4.78 is 5.49. The van der Waals surface area contributed by atoms with Crippen LogP contribution in [0.5, 0.6) is 0 Å². The summed E-state index contributed by atoms with van der Waals surface area (Å²) in [5.41, 5.74) is 7.23. The molecular weight excluding hydrogens is 667 g/mol. The van der Waals surface area contributed by atoms with E-state index < -0.39 is 42.1 Å². The summed E-state index contributed by atoms with van der Waals surface area (Å²) in [6.45, 7) is 13.6. The van der Waals surface area contributed by atoms with Crippen LogP contribution >= 0.6 is 11.8 Å². The lowest BCUT2D eigenvalue weighted by molar-refractivity contribution is -0.132. The highest BCUT2D eigenvalue weighted by molar-refractivity contribution is 7.98. The first kappa shape index (κ1) is 42.9. The number of rotatable bonds is 20. The maximum atomic E-state index is 13.6. The van der Waals surface area contributed by atoms with Gasteiger partial charge in [0.1, 0.15) is 18.7 Å². The summed E-state index contributed by atoms with van der Waals surface area (Å²) in [6.07, 6.45) is 3.86. The van der Waals surface area contributed by atoms with Gasteiger partial charge in [-0.05, 0) is 77.0 Å². The van der Waals surface area contributed by atoms with Crippen LogP contribution in [0.25, 0.3) is 12.2 Å². The number of carbonyl (C=O) groups excluding carboxylic acids is 4. The Labute approximate surface area is 306 Å². The average molecular weight is 724 g/mol. The molecule has 0 heterocycles. The minimum atomic E-state index is -1.07. The van der Waals surface area contributed by atoms with Crippen LogP contribution in [0.3, 0.4) is 0 Å². The van der Waals surface area contributed by atoms with Gasteiger partial charge in [-0.3, -0.25) is 14.4 Å². The van der Waals surface area contributed by atoms with Crippen molar-refractivity contribution in [3.05, 3.63) is 82.9 Å². The van der Waals surface area contributed by atoms with Crippen LogP contribution in [-0.2, 0) is 25.7 Å². The number of nitrogens with one attached hydrogen (secondary N) is 4. The lowest BCUT2D eigenvalue weighted by Crippen LogP contribution is -2.54. The van der Waals surface area contributed by atoms with Crippen molar-refractivity contribution in [2.45, 2.75) is 84.7 Å². The summed E-state index contributed by atoms with van der Waals surface area (Å²) in [7, 11) is 0. The summed E-state index contributed by atoms with van der Waals surface area (Å²) in [6, 6.07) is 14.5. The highest BCUT2D eigenvalue weighted by Crippen LogP contribution is 2.17. The third-order valence-electron chi connectivity index (χ3n) is 8.36. The van der Waals surface area contributed by atoms with Crippen molar-refractivity contribution in [1.29, 1.82) is 0 Å². The first-order valence-corrected chi connectivity index (χ1v) is 18.8. The number of amides is 4. The number of aliphatic hydroxyl groups is 1. The van der Waals surface area contributed by atoms with E-state index in [1.165, 1.54) is 18.0 Å². The lowest BCUT2D eigenvalue weighted by Gasteiger charge is -2.30. The Balaban J connectivity index is 2.08. The molecule has 0 aliphatic heterocycles. The van der Waals surface area contributed by atoms with Gasteiger partial charge in [-0.2, -0.15) is 11.8 Å². The summed E-state index contributed by atoms with van der Waals surface area (Å²) in [5.74, 6) is -1.27. The van der Waals surface area contributed by atoms with Crippen LogP contribution in [0.15, 0.2) is 66.9 Å². The fourth-order valence-electron chi connectivity index (χ4n) is 5.46. The van der Waals surface area contributed by atoms with Crippen LogP contribution in [0, 0.1) is 17.8 Å². The summed E-state index contributed by atoms with van der Waals surface area (Å²) in [4.78, 5) is 52.8. The Morgan fingerprint density at radius 3 is 2.18 bits per heavy atom. The van der Waals surface area contributed by atoms with Gasteiger partial charge < -0.3 is 36.8 Å². The number of carbonyl (C=O) groups is 4. The molecule has 11 nitrogen and oxygen atoms in total. The van der Waals surface area contributed by atoms with E-state index in [4.69, 9.17) is 10.5 Å². The minimum absolute atomic E-state index is 0.0476. The Kier molecular flexibility index (Phi) is 18.9. The Morgan fingerprint density at radius 2 is 1.57 bits per heavy atom. The van der Waals surface area contributed by atoms with Gasteiger partial charge in [0.25, 0.3) is 0 Å². The minimum Gasteiger partial charge on any atom is -0.445 e. The van der Waals surface area contributed by atoms with Crippen LogP contribution in [0.2, 0.25) is 0 Å². The normalized spacial score (nSPS) is 15.0. The van der Waals surface area contributed by atoms with Crippen LogP contribution < -0.4 is 37.4 Å². The third-order valence-corrected chi connectivity index (χ3v) is 9.00. The average Bonchev–Trinajstić information content (AvgIpc) is 3.09. The molecule has 2 aromatic rings. The fourth-order valence-corrected chi connectivity index (χ4v) is 5.93. The maximum absolute atomic E-state index is 13.6. The van der Waals surface area contributed by atoms with Gasteiger partial charge >= 0.3 is 6.09 Å². The first-order valence-electron chi connectivity index (χ1n) is 17.4. The smallest absolute Gasteiger partial charge is 0.408 e. The van der Waals surface area contributed by atoms with Gasteiger partial charge in [-0.1, -0.05) is 95.8 Å². The number of nitrogens with two attached hydrogens (primary N) is 1. The van der Waals surface area contributed by atoms with Crippen molar-refractivity contribution < 1.29 is 29.0 Å². The maximum Gasteiger partial charge on any atom is 0.408 e. The number of ether oxygens (including phenoxy) is 1. The second-order valence-corrected chi connectivity index (χ2v) is 14.5. The highest BCUT2D eigenvalue weighted by Gasteiger charge is 2.31. The van der Waals surface area contributed by atoms with Crippen LogP contribution in [0.1, 0.15) is 59.4 Å². The van der Waals surface area contributed by atoms with E-state index in [9.17, 15) is 24.3 Å². The van der Waals surface area contributed by atoms with Gasteiger partial charge in [0.2, 0.25) is 17.7 Å². The largest absolute Gasteiger partial charge is 0.445 e. The van der Waals surface area contributed by atoms with Crippen LogP contribution in [0.4, 0.5) is 4.79 Å². The molecule has 280 valence electrons. The predicted octanol–water partition coefficient (Wildman–Crippen LogP) is 2.94. The van der Waals surface area contributed by atoms with E-state index in [1.807, 2.05) is 88.5 Å². The molecule has 12 heteroatoms. The monoisotopic (exact) mass is 723 g/mol. The number of aliphatic hydroxyl groups excluding tert-OH is 1. The van der Waals surface area contributed by atoms with Crippen molar-refractivity contribution in [1.82, 2.24) is 21.3 Å². The van der Waals surface area contributed by atoms with Crippen LogP contribution in [-0.4, -0.2) is 71.8 Å². The van der Waals surface area contributed by atoms with Gasteiger partial charge in [0.05, 0.1) is 12.1 Å². The molecule has 0 radical (unpaired) electrons. The van der Waals surface area contributed by atoms with Crippen molar-refractivity contribution >= 4 is 47.7 Å². The number of alkyl carbamates (subject to hydrolysis) is 1. The molecule has 0 aliphatic carbocycles. The molecule has 4 amide bonds. The zero-order chi connectivity index (χ0) is 37.9. The van der Waals surface area contributed by atoms with E-state index in [2.05, 4.69) is 27.8 Å². The first-order chi connectivity index (χ1) is 24.3. The molecule has 0 fully saturated rings. The fraction of sp³-hybridized carbons (Fsp3) is 0.487. The van der Waals surface area contributed by atoms with Gasteiger partial charge in [-0.25, -0.2) is 4.79 Å². The molecule has 2 rings (SSSR count). The Hall–Kier alpha value is -4.29. The highest BCUT2D eigenvalue weighted by atomic mass is 32.2. The Bertz CT molecular complexity index is 1550. The van der Waals surface area contributed by atoms with E-state index in [0.29, 0.717) is 30.7 Å². The number of thioether (sulfide) groups is 1. The SMILES string of the molecule is C=c1cccc/c1=C(/C=C\N)COC(=O)N[C@@H](CCSC)C(=O)N[C@@H](CC(C)C)[C@@H](O)C[C@@H](C)C(=O)N[C@H](C(=O)NCc1ccccc1)C(C)C. The molecule has 2 aromatic carbocycles. The number of benzene rings is 2. The molecule has 0 aromatic heterocycles. The van der Waals surface area contributed by atoms with Gasteiger partial charge in [0.15, 0.2) is 0 Å². The Morgan fingerprint density at radius 1 is 0.902 bits per heavy atom. The quantitative estimate of drug-likeness (QED) is 0.121. The van der Waals surface area contributed by atoms with Crippen molar-refractivity contribution in [2.75, 3.05) is 18.6 Å². The van der Waals surface area contributed by atoms with Crippen molar-refractivity contribution in [3.63, 3.8) is 0 Å². The second kappa shape index (κ2) is 22.5. The van der Waals surface area contributed by atoms with Gasteiger partial charge in [0, 0.05) is 12.5 Å². The number of hydrogen-bond donors (Lipinski definition) is 6. The second-order valence-electron chi connectivity index (χ2n) is 13.5. The third kappa shape index (κ3) is 15.2. The topological polar surface area (TPSA) is 172 Å². The molecule has 0 bridgehead atoms. The molecule has 5 atom stereocenters. The number of hydrogen-bond acceptors (Lipinski definition) is 8. The molecular formula is C39H57N5O6S. The van der Waals surface area contributed by atoms with E-state index >= 15 is 0 Å². The molecule has 0 aliphatic rings. The molecule has 0 spiro atoms. The zero-order valence-corrected chi connectivity index (χ0v) is 31.6. The molecule has 51 heavy (non-hydrogen) atoms. The van der Waals surface area contributed by atoms with E-state index in [1.54, 1.807) is 13.0 Å². The van der Waals surface area contributed by atoms with Gasteiger partial charge in [-0.15, -0.1) is 0 Å². The molecule has 0 unspecified atom stereocenters. The van der Waals surface area contributed by atoms with Crippen molar-refractivity contribution in [2.24, 2.45) is 23.5 Å². The summed E-state index contributed by atoms with van der Waals surface area (Å²) >= 11 is 1.53. The lowest BCUT2D eigenvalue weighted by atomic mass is 9.91. The van der Waals surface area contributed by atoms with Crippen molar-refractivity contribution in [3.8, 4) is 0 Å². The standard InChI is InChI=1S/C39H57N5O6S/c1-25(2)21-33(34(45)22-28(6)36(46)44-35(26(3)4)38(48)41-23-29-14-9-8-10-15-29)42-37(47)32(18-20-51-7)43-39(49)50-24-30(17-19-40)31-16-12-11-13-27(31)5/h8-17,19,25-26,28,32-35,45H,5,18,20-24,40H2,1-4,6-7H3,(H,41,48)(H,42,47)(H,43,49)(H,44,46)/b19-17-,31-30+/t28-,32+,33+,34+,35+/m1/s1.